The van der Waals surface area contributed by atoms with Crippen molar-refractivity contribution in [2.45, 2.75) is 12.8 Å². The Labute approximate surface area is 316 Å². The summed E-state index contributed by atoms with van der Waals surface area (Å²) in [6, 6.07) is 28.3. The molecule has 0 spiro atoms. The number of aromatic amines is 2. The number of hydrogen-bond donors (Lipinski definition) is 4. The Morgan fingerprint density at radius 3 is 1.18 bits per heavy atom. The number of nitrogens with two attached hydrogens (primary N) is 1. The fraction of sp³-hybridized carbons (Fsp3) is 0.0667. The number of rotatable bonds is 8. The summed E-state index contributed by atoms with van der Waals surface area (Å²) in [6.07, 6.45) is 20.1. The van der Waals surface area contributed by atoms with Gasteiger partial charge in [-0.05, 0) is 132 Å². The molecule has 0 saturated heterocycles. The quantitative estimate of drug-likeness (QED) is 0.122. The summed E-state index contributed by atoms with van der Waals surface area (Å²) in [5.74, 6) is -0.0625. The minimum atomic E-state index is -0.0625. The second-order valence-electron chi connectivity index (χ2n) is 13.2. The predicted molar refractivity (Wildman–Crippen MR) is 221 cm³/mol. The molecule has 0 unspecified atom stereocenters. The van der Waals surface area contributed by atoms with Crippen molar-refractivity contribution in [3.05, 3.63) is 145 Å². The summed E-state index contributed by atoms with van der Waals surface area (Å²) in [6.45, 7) is 0.469. The van der Waals surface area contributed by atoms with E-state index in [0.717, 1.165) is 89.4 Å². The minimum Gasteiger partial charge on any atom is -0.354 e. The van der Waals surface area contributed by atoms with Crippen LogP contribution in [0.5, 0.6) is 0 Å². The van der Waals surface area contributed by atoms with Crippen molar-refractivity contribution in [1.82, 2.24) is 34.9 Å². The topological polar surface area (TPSA) is 151 Å². The van der Waals surface area contributed by atoms with E-state index in [2.05, 4.69) is 78.8 Å². The van der Waals surface area contributed by atoms with Gasteiger partial charge in [-0.2, -0.15) is 0 Å². The van der Waals surface area contributed by atoms with Gasteiger partial charge in [-0.1, -0.05) is 12.1 Å². The highest BCUT2D eigenvalue weighted by atomic mass is 16.1. The lowest BCUT2D eigenvalue weighted by atomic mass is 10.0. The lowest BCUT2D eigenvalue weighted by Gasteiger charge is -2.08. The summed E-state index contributed by atoms with van der Waals surface area (Å²) in [5.41, 5.74) is 20.8. The zero-order valence-corrected chi connectivity index (χ0v) is 29.7. The van der Waals surface area contributed by atoms with Crippen LogP contribution >= 0.6 is 0 Å². The van der Waals surface area contributed by atoms with E-state index >= 15 is 0 Å². The molecule has 7 aromatic rings. The van der Waals surface area contributed by atoms with Crippen molar-refractivity contribution in [1.29, 1.82) is 0 Å². The van der Waals surface area contributed by atoms with Crippen LogP contribution in [-0.4, -0.2) is 47.3 Å². The summed E-state index contributed by atoms with van der Waals surface area (Å²) < 4.78 is 0. The molecular weight excluding hydrogens is 683 g/mol. The van der Waals surface area contributed by atoms with Gasteiger partial charge >= 0.3 is 0 Å². The van der Waals surface area contributed by atoms with E-state index in [0.29, 0.717) is 25.1 Å². The fourth-order valence-electron chi connectivity index (χ4n) is 7.18. The lowest BCUT2D eigenvalue weighted by Crippen LogP contribution is -2.13. The summed E-state index contributed by atoms with van der Waals surface area (Å²) in [5, 5.41) is 2.99. The molecule has 6 aromatic heterocycles. The predicted octanol–water partition coefficient (Wildman–Crippen LogP) is 9.19. The van der Waals surface area contributed by atoms with Gasteiger partial charge in [-0.3, -0.25) is 19.7 Å². The SMILES string of the molecule is NCCCC(=O)Nc1ccc(-c2c3nc(c(-c4ccncc4)c4ccc([nH]4)c(-c4ccncc4)c4nc(c(-c5ccncc5)c5ccc2[nH]5)C=C4)C=C3)cc1. The Balaban J connectivity index is 1.37. The van der Waals surface area contributed by atoms with Gasteiger partial charge in [-0.25, -0.2) is 9.97 Å². The van der Waals surface area contributed by atoms with Crippen LogP contribution in [0.2, 0.25) is 0 Å². The Kier molecular flexibility index (Phi) is 8.91. The van der Waals surface area contributed by atoms with Crippen LogP contribution in [0.25, 0.3) is 90.9 Å². The van der Waals surface area contributed by atoms with E-state index in [1.54, 1.807) is 37.2 Å². The van der Waals surface area contributed by atoms with Crippen molar-refractivity contribution in [2.24, 2.45) is 5.73 Å². The van der Waals surface area contributed by atoms with Gasteiger partial charge in [0.1, 0.15) is 0 Å². The molecule has 2 aliphatic heterocycles. The number of amides is 1. The molecule has 1 amide bonds. The minimum absolute atomic E-state index is 0.0625. The molecule has 0 saturated carbocycles. The molecule has 5 N–H and O–H groups in total. The van der Waals surface area contributed by atoms with Gasteiger partial charge in [0.25, 0.3) is 0 Å². The van der Waals surface area contributed by atoms with E-state index < -0.39 is 0 Å². The van der Waals surface area contributed by atoms with Crippen molar-refractivity contribution in [3.8, 4) is 44.5 Å². The number of hydrogen-bond acceptors (Lipinski definition) is 7. The second-order valence-corrected chi connectivity index (χ2v) is 13.2. The van der Waals surface area contributed by atoms with Crippen LogP contribution in [0, 0.1) is 0 Å². The number of nitrogens with zero attached hydrogens (tertiary/aromatic N) is 5. The second kappa shape index (κ2) is 14.6. The maximum atomic E-state index is 12.5. The maximum absolute atomic E-state index is 12.5. The Morgan fingerprint density at radius 2 is 0.836 bits per heavy atom. The molecule has 9 rings (SSSR count). The molecule has 10 heteroatoms. The summed E-state index contributed by atoms with van der Waals surface area (Å²) in [4.78, 5) is 43.5. The largest absolute Gasteiger partial charge is 0.354 e. The monoisotopic (exact) mass is 717 g/mol. The summed E-state index contributed by atoms with van der Waals surface area (Å²) >= 11 is 0. The highest BCUT2D eigenvalue weighted by Crippen LogP contribution is 2.38. The maximum Gasteiger partial charge on any atom is 0.224 e. The Bertz CT molecular complexity index is 2730. The first-order valence-electron chi connectivity index (χ1n) is 18.1. The molecule has 0 atom stereocenters. The van der Waals surface area contributed by atoms with Crippen LogP contribution in [0.15, 0.2) is 122 Å². The van der Waals surface area contributed by atoms with Crippen molar-refractivity contribution in [3.63, 3.8) is 0 Å². The molecule has 0 fully saturated rings. The standard InChI is InChI=1S/C45H35N9O/c46-21-1-2-41(55)50-32-5-3-28(4-6-32)42-33-7-9-35(51-33)43(29-15-22-47-23-16-29)37-11-13-39(53-37)45(31-19-26-49-27-20-31)40-14-12-38(54-40)44(30-17-24-48-25-18-30)36-10-8-34(42)52-36/h3-20,22-27,51,54H,1-2,21,46H2,(H,50,55). The molecule has 10 nitrogen and oxygen atoms in total. The molecule has 0 aliphatic carbocycles. The van der Waals surface area contributed by atoms with Crippen molar-refractivity contribution < 1.29 is 4.79 Å². The van der Waals surface area contributed by atoms with Crippen LogP contribution in [0.4, 0.5) is 5.69 Å². The molecule has 2 aliphatic rings. The van der Waals surface area contributed by atoms with E-state index in [1.807, 2.05) is 60.7 Å². The average molecular weight is 718 g/mol. The van der Waals surface area contributed by atoms with Gasteiger partial charge in [-0.15, -0.1) is 0 Å². The first-order chi connectivity index (χ1) is 27.1. The molecule has 0 radical (unpaired) electrons. The first kappa shape index (κ1) is 33.5. The third-order valence-corrected chi connectivity index (χ3v) is 9.73. The highest BCUT2D eigenvalue weighted by molar-refractivity contribution is 6.00. The average Bonchev–Trinajstić information content (AvgIpc) is 4.07. The molecule has 1 aromatic carbocycles. The van der Waals surface area contributed by atoms with Gasteiger partial charge in [0.05, 0.1) is 22.8 Å². The highest BCUT2D eigenvalue weighted by Gasteiger charge is 2.19. The van der Waals surface area contributed by atoms with Crippen LogP contribution in [0.3, 0.4) is 0 Å². The normalized spacial score (nSPS) is 11.9. The smallest absolute Gasteiger partial charge is 0.224 e. The zero-order valence-electron chi connectivity index (χ0n) is 29.7. The van der Waals surface area contributed by atoms with Gasteiger partial charge in [0.2, 0.25) is 5.91 Å². The third-order valence-electron chi connectivity index (χ3n) is 9.73. The summed E-state index contributed by atoms with van der Waals surface area (Å²) in [7, 11) is 0. The van der Waals surface area contributed by atoms with Gasteiger partial charge < -0.3 is 21.0 Å². The molecule has 55 heavy (non-hydrogen) atoms. The van der Waals surface area contributed by atoms with Crippen LogP contribution < -0.4 is 11.1 Å². The first-order valence-corrected chi connectivity index (χ1v) is 18.1. The number of nitrogens with one attached hydrogen (secondary N) is 3. The van der Waals surface area contributed by atoms with Crippen molar-refractivity contribution >= 4 is 58.0 Å². The number of pyridine rings is 3. The Hall–Kier alpha value is -7.30. The molecule has 8 heterocycles. The number of anilines is 1. The molecular formula is C45H35N9O. The fourth-order valence-corrected chi connectivity index (χ4v) is 7.18. The third kappa shape index (κ3) is 6.62. The van der Waals surface area contributed by atoms with E-state index in [1.165, 1.54) is 0 Å². The number of benzene rings is 1. The lowest BCUT2D eigenvalue weighted by molar-refractivity contribution is -0.116. The number of fused-ring (bicyclic) bond motifs is 8. The van der Waals surface area contributed by atoms with E-state index in [4.69, 9.17) is 15.7 Å². The molecule has 8 bridgehead atoms. The number of aromatic nitrogens is 7. The van der Waals surface area contributed by atoms with E-state index in [-0.39, 0.29) is 5.91 Å². The van der Waals surface area contributed by atoms with Gasteiger partial charge in [0.15, 0.2) is 0 Å². The van der Waals surface area contributed by atoms with Crippen LogP contribution in [0.1, 0.15) is 35.6 Å². The van der Waals surface area contributed by atoms with Gasteiger partial charge in [0, 0.05) is 93.6 Å². The molecule has 266 valence electrons. The van der Waals surface area contributed by atoms with E-state index in [9.17, 15) is 4.79 Å². The van der Waals surface area contributed by atoms with Crippen LogP contribution in [-0.2, 0) is 4.79 Å². The zero-order chi connectivity index (χ0) is 37.1. The Morgan fingerprint density at radius 1 is 0.491 bits per heavy atom. The number of H-pyrrole nitrogens is 2. The number of carbonyl (C=O) groups excluding carboxylic acids is 1. The van der Waals surface area contributed by atoms with Crippen molar-refractivity contribution in [2.75, 3.05) is 11.9 Å². The number of carbonyl (C=O) groups is 1.